The number of carbonyl (C=O) groups is 1. The van der Waals surface area contributed by atoms with E-state index < -0.39 is 17.7 Å². The number of benzene rings is 1. The molecule has 0 saturated heterocycles. The molecule has 0 radical (unpaired) electrons. The van der Waals surface area contributed by atoms with Gasteiger partial charge in [0.25, 0.3) is 0 Å². The van der Waals surface area contributed by atoms with E-state index in [0.29, 0.717) is 11.3 Å². The molecule has 0 amide bonds. The summed E-state index contributed by atoms with van der Waals surface area (Å²) in [4.78, 5) is 16.3. The van der Waals surface area contributed by atoms with Gasteiger partial charge in [-0.1, -0.05) is 12.1 Å². The maximum Gasteiger partial charge on any atom is 0.416 e. The van der Waals surface area contributed by atoms with Gasteiger partial charge < -0.3 is 4.74 Å². The smallest absolute Gasteiger partial charge is 0.416 e. The summed E-state index contributed by atoms with van der Waals surface area (Å²) >= 11 is 0. The Morgan fingerprint density at radius 1 is 1.29 bits per heavy atom. The quantitative estimate of drug-likeness (QED) is 0.688. The predicted molar refractivity (Wildman–Crippen MR) is 78.3 cm³/mol. The van der Waals surface area contributed by atoms with Crippen molar-refractivity contribution in [1.82, 2.24) is 14.6 Å². The van der Waals surface area contributed by atoms with Gasteiger partial charge in [0, 0.05) is 12.4 Å². The lowest BCUT2D eigenvalue weighted by molar-refractivity contribution is -0.137. The number of hydrogen-bond donors (Lipinski definition) is 0. The predicted octanol–water partition coefficient (Wildman–Crippen LogP) is 3.41. The average Bonchev–Trinajstić information content (AvgIpc) is 2.88. The number of rotatable bonds is 3. The van der Waals surface area contributed by atoms with Crippen molar-refractivity contribution in [2.75, 3.05) is 0 Å². The summed E-state index contributed by atoms with van der Waals surface area (Å²) < 4.78 is 44.6. The van der Waals surface area contributed by atoms with E-state index in [9.17, 15) is 18.0 Å². The van der Waals surface area contributed by atoms with Gasteiger partial charge in [-0.15, -0.1) is 0 Å². The van der Waals surface area contributed by atoms with E-state index in [0.717, 1.165) is 12.1 Å². The molecule has 0 atom stereocenters. The van der Waals surface area contributed by atoms with Gasteiger partial charge in [-0.25, -0.2) is 14.3 Å². The van der Waals surface area contributed by atoms with Gasteiger partial charge in [0.1, 0.15) is 12.2 Å². The third kappa shape index (κ3) is 3.08. The van der Waals surface area contributed by atoms with Crippen LogP contribution in [0.15, 0.2) is 42.7 Å². The molecule has 0 aliphatic heterocycles. The van der Waals surface area contributed by atoms with Crippen molar-refractivity contribution in [2.45, 2.75) is 19.7 Å². The lowest BCUT2D eigenvalue weighted by atomic mass is 10.1. The summed E-state index contributed by atoms with van der Waals surface area (Å²) in [6, 6.07) is 6.31. The molecule has 0 aliphatic carbocycles. The van der Waals surface area contributed by atoms with E-state index in [1.165, 1.54) is 22.8 Å². The van der Waals surface area contributed by atoms with Crippen molar-refractivity contribution < 1.29 is 22.7 Å². The largest absolute Gasteiger partial charge is 0.457 e. The summed E-state index contributed by atoms with van der Waals surface area (Å²) in [5, 5.41) is 4.14. The molecule has 0 aliphatic rings. The van der Waals surface area contributed by atoms with Crippen LogP contribution in [0, 0.1) is 6.92 Å². The minimum atomic E-state index is -4.44. The molecule has 2 heterocycles. The number of aromatic nitrogens is 3. The van der Waals surface area contributed by atoms with Crippen molar-refractivity contribution in [1.29, 1.82) is 0 Å². The Morgan fingerprint density at radius 3 is 2.83 bits per heavy atom. The number of hydrogen-bond acceptors (Lipinski definition) is 4. The number of carbonyl (C=O) groups excluding carboxylic acids is 1. The molecule has 8 heteroatoms. The first-order chi connectivity index (χ1) is 11.4. The van der Waals surface area contributed by atoms with Gasteiger partial charge in [-0.05, 0) is 30.7 Å². The van der Waals surface area contributed by atoms with Gasteiger partial charge in [-0.2, -0.15) is 18.3 Å². The molecule has 0 spiro atoms. The minimum absolute atomic E-state index is 0.197. The highest BCUT2D eigenvalue weighted by atomic mass is 19.4. The Hall–Kier alpha value is -2.90. The Balaban J connectivity index is 1.80. The Morgan fingerprint density at radius 2 is 2.08 bits per heavy atom. The van der Waals surface area contributed by atoms with E-state index in [4.69, 9.17) is 4.74 Å². The van der Waals surface area contributed by atoms with E-state index in [-0.39, 0.29) is 17.7 Å². The van der Waals surface area contributed by atoms with Gasteiger partial charge in [0.2, 0.25) is 0 Å². The second-order valence-electron chi connectivity index (χ2n) is 5.12. The molecule has 24 heavy (non-hydrogen) atoms. The number of nitrogens with zero attached hydrogens (tertiary/aromatic N) is 3. The first-order valence-electron chi connectivity index (χ1n) is 6.99. The number of ether oxygens (including phenoxy) is 1. The monoisotopic (exact) mass is 335 g/mol. The first-order valence-corrected chi connectivity index (χ1v) is 6.99. The van der Waals surface area contributed by atoms with Crippen molar-refractivity contribution >= 4 is 11.6 Å². The summed E-state index contributed by atoms with van der Waals surface area (Å²) in [6.07, 6.45) is -1.29. The zero-order valence-corrected chi connectivity index (χ0v) is 12.5. The molecule has 2 aromatic heterocycles. The molecule has 3 aromatic rings. The summed E-state index contributed by atoms with van der Waals surface area (Å²) in [7, 11) is 0. The van der Waals surface area contributed by atoms with Gasteiger partial charge >= 0.3 is 12.1 Å². The maximum absolute atomic E-state index is 12.7. The molecule has 1 aromatic carbocycles. The number of halogens is 3. The first kappa shape index (κ1) is 16.0. The number of fused-ring (bicyclic) bond motifs is 1. The molecule has 124 valence electrons. The fourth-order valence-corrected chi connectivity index (χ4v) is 2.29. The molecule has 0 N–H and O–H groups in total. The second-order valence-corrected chi connectivity index (χ2v) is 5.12. The van der Waals surface area contributed by atoms with Crippen molar-refractivity contribution in [3.63, 3.8) is 0 Å². The van der Waals surface area contributed by atoms with Gasteiger partial charge in [0.15, 0.2) is 5.65 Å². The fourth-order valence-electron chi connectivity index (χ4n) is 2.29. The fraction of sp³-hybridized carbons (Fsp3) is 0.188. The molecule has 0 bridgehead atoms. The lowest BCUT2D eigenvalue weighted by Gasteiger charge is -2.09. The van der Waals surface area contributed by atoms with Crippen LogP contribution in [0.3, 0.4) is 0 Å². The third-order valence-electron chi connectivity index (χ3n) is 3.40. The highest BCUT2D eigenvalue weighted by molar-refractivity contribution is 5.97. The summed E-state index contributed by atoms with van der Waals surface area (Å²) in [6.45, 7) is 1.36. The molecule has 0 unspecified atom stereocenters. The zero-order chi connectivity index (χ0) is 17.3. The van der Waals surface area contributed by atoms with E-state index in [1.807, 2.05) is 0 Å². The molecular weight excluding hydrogens is 323 g/mol. The van der Waals surface area contributed by atoms with Crippen LogP contribution >= 0.6 is 0 Å². The highest BCUT2D eigenvalue weighted by Crippen LogP contribution is 2.29. The normalized spacial score (nSPS) is 11.7. The molecular formula is C16H12F3N3O2. The SMILES string of the molecule is Cc1nn2cccnc2c1C(=O)OCc1cccc(C(F)(F)F)c1. The topological polar surface area (TPSA) is 56.5 Å². The van der Waals surface area contributed by atoms with Gasteiger partial charge in [-0.3, -0.25) is 0 Å². The second kappa shape index (κ2) is 5.95. The van der Waals surface area contributed by atoms with Crippen LogP contribution in [0.25, 0.3) is 5.65 Å². The zero-order valence-electron chi connectivity index (χ0n) is 12.5. The van der Waals surface area contributed by atoms with Crippen molar-refractivity contribution in [3.05, 3.63) is 65.1 Å². The van der Waals surface area contributed by atoms with Gasteiger partial charge in [0.05, 0.1) is 11.3 Å². The average molecular weight is 335 g/mol. The highest BCUT2D eigenvalue weighted by Gasteiger charge is 2.30. The standard InChI is InChI=1S/C16H12F3N3O2/c1-10-13(14-20-6-3-7-22(14)21-10)15(23)24-9-11-4-2-5-12(8-11)16(17,18)19/h2-8H,9H2,1H3. The van der Waals surface area contributed by atoms with Crippen LogP contribution in [-0.2, 0) is 17.5 Å². The Bertz CT molecular complexity index is 903. The van der Waals surface area contributed by atoms with Crippen LogP contribution in [0.4, 0.5) is 13.2 Å². The minimum Gasteiger partial charge on any atom is -0.457 e. The Labute approximate surface area is 134 Å². The summed E-state index contributed by atoms with van der Waals surface area (Å²) in [5.74, 6) is -0.682. The van der Waals surface area contributed by atoms with E-state index >= 15 is 0 Å². The van der Waals surface area contributed by atoms with Crippen molar-refractivity contribution in [2.24, 2.45) is 0 Å². The van der Waals surface area contributed by atoms with E-state index in [2.05, 4.69) is 10.1 Å². The van der Waals surface area contributed by atoms with Crippen molar-refractivity contribution in [3.8, 4) is 0 Å². The summed E-state index contributed by atoms with van der Waals surface area (Å²) in [5.41, 5.74) is 0.430. The number of esters is 1. The van der Waals surface area contributed by atoms with Crippen LogP contribution < -0.4 is 0 Å². The molecule has 5 nitrogen and oxygen atoms in total. The van der Waals surface area contributed by atoms with E-state index in [1.54, 1.807) is 19.2 Å². The number of alkyl halides is 3. The molecule has 0 fully saturated rings. The third-order valence-corrected chi connectivity index (χ3v) is 3.40. The maximum atomic E-state index is 12.7. The molecule has 3 rings (SSSR count). The number of aryl methyl sites for hydroxylation is 1. The van der Waals surface area contributed by atoms with Crippen LogP contribution in [0.2, 0.25) is 0 Å². The van der Waals surface area contributed by atoms with Crippen LogP contribution in [-0.4, -0.2) is 20.6 Å². The molecule has 0 saturated carbocycles. The lowest BCUT2D eigenvalue weighted by Crippen LogP contribution is -2.09. The Kier molecular flexibility index (Phi) is 3.96. The van der Waals surface area contributed by atoms with Crippen LogP contribution in [0.1, 0.15) is 27.2 Å². The van der Waals surface area contributed by atoms with Crippen LogP contribution in [0.5, 0.6) is 0 Å².